The molecule has 0 saturated heterocycles. The van der Waals surface area contributed by atoms with Crippen LogP contribution in [0, 0.1) is 0 Å². The second-order valence-corrected chi connectivity index (χ2v) is 8.55. The Morgan fingerprint density at radius 3 is 0.886 bits per heavy atom. The minimum atomic E-state index is -1.10. The van der Waals surface area contributed by atoms with Gasteiger partial charge in [0, 0.05) is 16.2 Å². The first kappa shape index (κ1) is 35.0. The quantitative estimate of drug-likeness (QED) is 0.154. The van der Waals surface area contributed by atoms with E-state index >= 15 is 0 Å². The van der Waals surface area contributed by atoms with Crippen molar-refractivity contribution in [1.82, 2.24) is 15.0 Å². The van der Waals surface area contributed by atoms with Gasteiger partial charge in [-0.1, -0.05) is 54.6 Å². The molecule has 3 aromatic heterocycles. The molecule has 0 fully saturated rings. The number of aromatic nitrogens is 3. The summed E-state index contributed by atoms with van der Waals surface area (Å²) in [5, 5.41) is 56.5. The number of carbonyl (C=O) groups is 3. The summed E-state index contributed by atoms with van der Waals surface area (Å²) < 4.78 is 0. The monoisotopic (exact) mass is 621 g/mol. The van der Waals surface area contributed by atoms with Crippen molar-refractivity contribution in [3.63, 3.8) is 0 Å². The van der Waals surface area contributed by atoms with E-state index in [1.807, 2.05) is 0 Å². The number of carboxylic acids is 3. The van der Waals surface area contributed by atoms with Crippen LogP contribution >= 0.6 is 0 Å². The van der Waals surface area contributed by atoms with E-state index in [9.17, 15) is 29.7 Å². The molecule has 6 rings (SSSR count). The van der Waals surface area contributed by atoms with Crippen LogP contribution in [0.1, 0.15) is 31.5 Å². The summed E-state index contributed by atoms with van der Waals surface area (Å²) in [6, 6.07) is 23.8. The van der Waals surface area contributed by atoms with E-state index in [1.165, 1.54) is 36.4 Å². The molecule has 0 spiro atoms. The number of aromatic hydroxyl groups is 3. The molecule has 6 N–H and O–H groups in total. The molecular formula is C30H21Al2N3O9+6. The number of hydrogen-bond donors (Lipinski definition) is 6. The fraction of sp³-hybridized carbons (Fsp3) is 0. The zero-order valence-corrected chi connectivity index (χ0v) is 24.9. The second-order valence-electron chi connectivity index (χ2n) is 8.55. The standard InChI is InChI=1S/3C10H7NO3.2Al/c3*12-8-3-1-2-6-4-5-7(10(13)14)11-9(6)8;;/h3*1-5,12H,(H,13,14);;/q;;;2*+3. The zero-order chi connectivity index (χ0) is 30.4. The van der Waals surface area contributed by atoms with Crippen LogP contribution in [0.15, 0.2) is 91.0 Å². The van der Waals surface area contributed by atoms with Crippen molar-refractivity contribution >= 4 is 85.3 Å². The van der Waals surface area contributed by atoms with E-state index in [2.05, 4.69) is 15.0 Å². The third-order valence-corrected chi connectivity index (χ3v) is 5.75. The summed E-state index contributed by atoms with van der Waals surface area (Å²) in [6.07, 6.45) is 0. The minimum Gasteiger partial charge on any atom is -0.506 e. The number of aromatic carboxylic acids is 3. The summed E-state index contributed by atoms with van der Waals surface area (Å²) in [5.41, 5.74) is 0.726. The third kappa shape index (κ3) is 8.19. The third-order valence-electron chi connectivity index (χ3n) is 5.75. The molecule has 6 aromatic rings. The number of nitrogens with zero attached hydrogens (tertiary/aromatic N) is 3. The van der Waals surface area contributed by atoms with Crippen molar-refractivity contribution in [3.05, 3.63) is 108 Å². The Bertz CT molecular complexity index is 1760. The molecule has 3 aromatic carbocycles. The average molecular weight is 621 g/mol. The molecule has 0 aliphatic carbocycles. The normalized spacial score (nSPS) is 9.82. The molecule has 12 nitrogen and oxygen atoms in total. The molecular weight excluding hydrogens is 600 g/mol. The Balaban J connectivity index is 0.000000225. The summed E-state index contributed by atoms with van der Waals surface area (Å²) in [7, 11) is 0. The fourth-order valence-electron chi connectivity index (χ4n) is 3.75. The maximum absolute atomic E-state index is 10.6. The first-order valence-electron chi connectivity index (χ1n) is 12.0. The number of phenolic OH excluding ortho intramolecular Hbond substituents is 3. The van der Waals surface area contributed by atoms with E-state index in [0.717, 1.165) is 16.2 Å². The van der Waals surface area contributed by atoms with Crippen molar-refractivity contribution in [1.29, 1.82) is 0 Å². The van der Waals surface area contributed by atoms with Gasteiger partial charge in [0.2, 0.25) is 0 Å². The molecule has 210 valence electrons. The van der Waals surface area contributed by atoms with Gasteiger partial charge in [0.25, 0.3) is 0 Å². The van der Waals surface area contributed by atoms with Crippen LogP contribution in [0.2, 0.25) is 0 Å². The number of para-hydroxylation sites is 3. The van der Waals surface area contributed by atoms with Crippen LogP contribution < -0.4 is 0 Å². The molecule has 0 bridgehead atoms. The first-order valence-corrected chi connectivity index (χ1v) is 12.0. The Hall–Kier alpha value is -5.24. The van der Waals surface area contributed by atoms with E-state index in [-0.39, 0.29) is 69.1 Å². The zero-order valence-electron chi connectivity index (χ0n) is 22.6. The van der Waals surface area contributed by atoms with Gasteiger partial charge in [0.1, 0.15) is 50.9 Å². The maximum atomic E-state index is 10.6. The molecule has 0 aliphatic rings. The van der Waals surface area contributed by atoms with E-state index < -0.39 is 17.9 Å². The predicted octanol–water partition coefficient (Wildman–Crippen LogP) is 4.15. The number of carboxylic acid groups (broad SMARTS) is 3. The Morgan fingerprint density at radius 2 is 0.659 bits per heavy atom. The SMILES string of the molecule is O=C(O)c1ccc2cccc(O)c2n1.O=C(O)c1ccc2cccc(O)c2n1.O=C(O)c1ccc2cccc(O)c2n1.[Al+3].[Al+3]. The van der Waals surface area contributed by atoms with Gasteiger partial charge in [0.15, 0.2) is 0 Å². The molecule has 0 radical (unpaired) electrons. The molecule has 0 aliphatic heterocycles. The molecule has 0 atom stereocenters. The van der Waals surface area contributed by atoms with Crippen LogP contribution in [-0.4, -0.2) is 98.2 Å². The topological polar surface area (TPSA) is 211 Å². The molecule has 0 saturated carbocycles. The molecule has 44 heavy (non-hydrogen) atoms. The van der Waals surface area contributed by atoms with E-state index in [0.29, 0.717) is 16.6 Å². The minimum absolute atomic E-state index is 0. The Kier molecular flexibility index (Phi) is 12.2. The first-order chi connectivity index (χ1) is 20.0. The number of benzene rings is 3. The largest absolute Gasteiger partial charge is 3.00 e. The average Bonchev–Trinajstić information content (AvgIpc) is 2.98. The van der Waals surface area contributed by atoms with Crippen LogP contribution in [0.3, 0.4) is 0 Å². The smallest absolute Gasteiger partial charge is 0.506 e. The van der Waals surface area contributed by atoms with Gasteiger partial charge < -0.3 is 30.6 Å². The summed E-state index contributed by atoms with van der Waals surface area (Å²) in [4.78, 5) is 43.3. The molecule has 0 amide bonds. The van der Waals surface area contributed by atoms with Gasteiger partial charge in [-0.25, -0.2) is 29.3 Å². The van der Waals surface area contributed by atoms with Crippen LogP contribution in [-0.2, 0) is 0 Å². The summed E-state index contributed by atoms with van der Waals surface area (Å²) in [6.45, 7) is 0. The van der Waals surface area contributed by atoms with Gasteiger partial charge in [-0.15, -0.1) is 0 Å². The van der Waals surface area contributed by atoms with Crippen molar-refractivity contribution in [2.24, 2.45) is 0 Å². The van der Waals surface area contributed by atoms with Crippen LogP contribution in [0.5, 0.6) is 17.2 Å². The van der Waals surface area contributed by atoms with Crippen LogP contribution in [0.4, 0.5) is 0 Å². The molecule has 0 unspecified atom stereocenters. The van der Waals surface area contributed by atoms with Gasteiger partial charge >= 0.3 is 52.6 Å². The fourth-order valence-corrected chi connectivity index (χ4v) is 3.75. The van der Waals surface area contributed by atoms with Gasteiger partial charge in [-0.3, -0.25) is 0 Å². The maximum Gasteiger partial charge on any atom is 3.00 e. The van der Waals surface area contributed by atoms with E-state index in [4.69, 9.17) is 15.3 Å². The van der Waals surface area contributed by atoms with Crippen LogP contribution in [0.25, 0.3) is 32.7 Å². The van der Waals surface area contributed by atoms with Gasteiger partial charge in [-0.05, 0) is 36.4 Å². The molecule has 3 heterocycles. The predicted molar refractivity (Wildman–Crippen MR) is 163 cm³/mol. The Labute approximate surface area is 269 Å². The number of pyridine rings is 3. The van der Waals surface area contributed by atoms with Gasteiger partial charge in [0.05, 0.1) is 0 Å². The summed E-state index contributed by atoms with van der Waals surface area (Å²) >= 11 is 0. The molecule has 14 heteroatoms. The second kappa shape index (κ2) is 15.3. The van der Waals surface area contributed by atoms with Crippen molar-refractivity contribution < 1.29 is 45.0 Å². The summed E-state index contributed by atoms with van der Waals surface area (Å²) in [5.74, 6) is -3.33. The number of hydrogen-bond acceptors (Lipinski definition) is 9. The van der Waals surface area contributed by atoms with Crippen molar-refractivity contribution in [3.8, 4) is 17.2 Å². The van der Waals surface area contributed by atoms with Crippen molar-refractivity contribution in [2.45, 2.75) is 0 Å². The number of rotatable bonds is 3. The van der Waals surface area contributed by atoms with E-state index in [1.54, 1.807) is 54.6 Å². The number of phenols is 3. The Morgan fingerprint density at radius 1 is 0.409 bits per heavy atom. The van der Waals surface area contributed by atoms with Crippen molar-refractivity contribution in [2.75, 3.05) is 0 Å². The number of fused-ring (bicyclic) bond motifs is 3. The van der Waals surface area contributed by atoms with Gasteiger partial charge in [-0.2, -0.15) is 0 Å².